The van der Waals surface area contributed by atoms with Crippen molar-refractivity contribution in [3.63, 3.8) is 0 Å². The molecule has 45 heavy (non-hydrogen) atoms. The Morgan fingerprint density at radius 1 is 1.07 bits per heavy atom. The number of nitro benzene ring substituents is 1. The summed E-state index contributed by atoms with van der Waals surface area (Å²) < 4.78 is 40.0. The third-order valence-electron chi connectivity index (χ3n) is 7.06. The number of imidazole rings is 1. The highest BCUT2D eigenvalue weighted by Crippen LogP contribution is 2.32. The van der Waals surface area contributed by atoms with Crippen LogP contribution in [0.2, 0.25) is 0 Å². The van der Waals surface area contributed by atoms with Crippen molar-refractivity contribution in [3.05, 3.63) is 92.2 Å². The van der Waals surface area contributed by atoms with E-state index in [1.54, 1.807) is 12.2 Å². The molecule has 1 fully saturated rings. The molecule has 0 unspecified atom stereocenters. The first-order valence-corrected chi connectivity index (χ1v) is 14.3. The van der Waals surface area contributed by atoms with E-state index in [1.807, 2.05) is 4.90 Å². The van der Waals surface area contributed by atoms with Gasteiger partial charge in [0, 0.05) is 49.2 Å². The first-order chi connectivity index (χ1) is 21.1. The van der Waals surface area contributed by atoms with Crippen molar-refractivity contribution >= 4 is 35.4 Å². The van der Waals surface area contributed by atoms with Crippen molar-refractivity contribution in [2.45, 2.75) is 47.8 Å². The Labute approximate surface area is 258 Å². The van der Waals surface area contributed by atoms with Crippen LogP contribution in [0.15, 0.2) is 70.9 Å². The molecule has 1 amide bonds. The van der Waals surface area contributed by atoms with Gasteiger partial charge in [0.15, 0.2) is 0 Å². The monoisotopic (exact) mass is 650 g/mol. The van der Waals surface area contributed by atoms with Gasteiger partial charge in [-0.05, 0) is 64.8 Å². The molecule has 3 aromatic rings. The summed E-state index contributed by atoms with van der Waals surface area (Å²) in [5, 5.41) is 43.6. The van der Waals surface area contributed by atoms with Gasteiger partial charge in [-0.3, -0.25) is 19.6 Å². The smallest absolute Gasteiger partial charge is 0.416 e. The van der Waals surface area contributed by atoms with Crippen LogP contribution >= 0.6 is 11.8 Å². The predicted octanol–water partition coefficient (Wildman–Crippen LogP) is 5.39. The molecule has 240 valence electrons. The third-order valence-corrected chi connectivity index (χ3v) is 8.07. The minimum absolute atomic E-state index is 0.0624. The van der Waals surface area contributed by atoms with Gasteiger partial charge < -0.3 is 25.2 Å². The number of β-amino-alcohol motifs (C(OH)–C–C–N with tert-alkyl or cyclic N) is 1. The van der Waals surface area contributed by atoms with E-state index in [1.165, 1.54) is 59.0 Å². The Balaban J connectivity index is 1.49. The van der Waals surface area contributed by atoms with E-state index in [4.69, 9.17) is 0 Å². The molecule has 1 aliphatic rings. The molecule has 0 radical (unpaired) electrons. The SMILES string of the molecule is C[C@](O)(CN1CCN(C(=O)O)C[C@@H]1CC=Cc1ccc(C(F)(F)F)cc1)Cn1cc([N+](=O)[O-])nc1Sc1ccc([N+](=O)[O-])cc1. The van der Waals surface area contributed by atoms with Crippen LogP contribution in [-0.4, -0.2) is 83.3 Å². The van der Waals surface area contributed by atoms with E-state index in [0.29, 0.717) is 16.9 Å². The Hall–Kier alpha value is -4.48. The fourth-order valence-electron chi connectivity index (χ4n) is 4.91. The predicted molar refractivity (Wildman–Crippen MR) is 157 cm³/mol. The summed E-state index contributed by atoms with van der Waals surface area (Å²) in [6.07, 6.45) is -0.653. The van der Waals surface area contributed by atoms with Gasteiger partial charge >= 0.3 is 18.1 Å². The number of halogens is 3. The number of benzene rings is 2. The average Bonchev–Trinajstić information content (AvgIpc) is 3.35. The van der Waals surface area contributed by atoms with Crippen molar-refractivity contribution in [1.82, 2.24) is 19.4 Å². The maximum atomic E-state index is 12.9. The zero-order valence-corrected chi connectivity index (χ0v) is 24.6. The number of nitro groups is 2. The number of amides is 1. The minimum atomic E-state index is -4.45. The summed E-state index contributed by atoms with van der Waals surface area (Å²) in [5.74, 6) is -0.448. The summed E-state index contributed by atoms with van der Waals surface area (Å²) >= 11 is 1.03. The number of piperazine rings is 1. The first-order valence-electron chi connectivity index (χ1n) is 13.5. The molecule has 4 rings (SSSR count). The van der Waals surface area contributed by atoms with Gasteiger partial charge in [-0.15, -0.1) is 0 Å². The lowest BCUT2D eigenvalue weighted by atomic mass is 10.0. The zero-order chi connectivity index (χ0) is 32.9. The molecular weight excluding hydrogens is 621 g/mol. The van der Waals surface area contributed by atoms with E-state index < -0.39 is 39.1 Å². The van der Waals surface area contributed by atoms with Crippen LogP contribution < -0.4 is 0 Å². The van der Waals surface area contributed by atoms with Crippen molar-refractivity contribution < 1.29 is 38.0 Å². The topological polar surface area (TPSA) is 168 Å². The van der Waals surface area contributed by atoms with Gasteiger partial charge in [0.05, 0.1) is 22.6 Å². The fraction of sp³-hybridized carbons (Fsp3) is 0.357. The quantitative estimate of drug-likeness (QED) is 0.203. The summed E-state index contributed by atoms with van der Waals surface area (Å²) in [6, 6.07) is 9.80. The van der Waals surface area contributed by atoms with Gasteiger partial charge in [-0.1, -0.05) is 24.3 Å². The number of rotatable bonds is 11. The number of carboxylic acid groups (broad SMARTS) is 1. The van der Waals surface area contributed by atoms with Gasteiger partial charge in [-0.2, -0.15) is 13.2 Å². The summed E-state index contributed by atoms with van der Waals surface area (Å²) in [7, 11) is 0. The second-order valence-corrected chi connectivity index (χ2v) is 11.8. The molecule has 2 atom stereocenters. The Morgan fingerprint density at radius 3 is 2.31 bits per heavy atom. The second-order valence-electron chi connectivity index (χ2n) is 10.7. The number of hydrogen-bond donors (Lipinski definition) is 2. The Kier molecular flexibility index (Phi) is 10.1. The molecule has 2 heterocycles. The van der Waals surface area contributed by atoms with Crippen LogP contribution in [0.5, 0.6) is 0 Å². The molecule has 1 saturated heterocycles. The molecule has 17 heteroatoms. The van der Waals surface area contributed by atoms with Gasteiger partial charge in [0.1, 0.15) is 6.20 Å². The van der Waals surface area contributed by atoms with Gasteiger partial charge in [0.25, 0.3) is 10.8 Å². The number of aromatic nitrogens is 2. The number of non-ortho nitro benzene ring substituents is 1. The van der Waals surface area contributed by atoms with Crippen molar-refractivity contribution in [3.8, 4) is 0 Å². The van der Waals surface area contributed by atoms with Crippen LogP contribution in [-0.2, 0) is 12.7 Å². The van der Waals surface area contributed by atoms with Crippen molar-refractivity contribution in [2.24, 2.45) is 0 Å². The maximum absolute atomic E-state index is 12.9. The highest BCUT2D eigenvalue weighted by molar-refractivity contribution is 7.99. The van der Waals surface area contributed by atoms with E-state index in [2.05, 4.69) is 4.98 Å². The highest BCUT2D eigenvalue weighted by atomic mass is 32.2. The highest BCUT2D eigenvalue weighted by Gasteiger charge is 2.35. The normalized spacial score (nSPS) is 17.4. The average molecular weight is 651 g/mol. The van der Waals surface area contributed by atoms with Crippen molar-refractivity contribution in [2.75, 3.05) is 26.2 Å². The third kappa shape index (κ3) is 9.02. The standard InChI is InChI=1S/C28H29F3N6O7S/c1-27(40,18-35-16-24(37(43)44)32-25(35)45-23-11-9-21(10-12-23)36(41)42)17-34-14-13-33(26(38)39)15-22(34)4-2-3-19-5-7-20(8-6-19)28(29,30)31/h2-3,5-12,16,22,40H,4,13-15,17-18H2,1H3,(H,38,39)/t22-,27-/m0/s1. The maximum Gasteiger partial charge on any atom is 0.416 e. The lowest BCUT2D eigenvalue weighted by Gasteiger charge is -2.43. The first kappa shape index (κ1) is 33.4. The number of hydrogen-bond acceptors (Lipinski definition) is 9. The lowest BCUT2D eigenvalue weighted by molar-refractivity contribution is -0.389. The van der Waals surface area contributed by atoms with Crippen LogP contribution in [0.1, 0.15) is 24.5 Å². The summed E-state index contributed by atoms with van der Waals surface area (Å²) in [6.45, 7) is 2.08. The van der Waals surface area contributed by atoms with E-state index >= 15 is 0 Å². The molecule has 0 spiro atoms. The number of nitrogens with zero attached hydrogens (tertiary/aromatic N) is 6. The molecule has 1 aromatic heterocycles. The van der Waals surface area contributed by atoms with Gasteiger partial charge in [-0.25, -0.2) is 4.79 Å². The van der Waals surface area contributed by atoms with Crippen LogP contribution in [0.25, 0.3) is 6.08 Å². The van der Waals surface area contributed by atoms with Crippen LogP contribution in [0.3, 0.4) is 0 Å². The molecule has 0 bridgehead atoms. The molecule has 0 saturated carbocycles. The number of alkyl halides is 3. The molecule has 2 aromatic carbocycles. The molecule has 2 N–H and O–H groups in total. The molecule has 13 nitrogen and oxygen atoms in total. The zero-order valence-electron chi connectivity index (χ0n) is 23.8. The van der Waals surface area contributed by atoms with E-state index in [-0.39, 0.29) is 49.6 Å². The summed E-state index contributed by atoms with van der Waals surface area (Å²) in [5.41, 5.74) is -1.83. The van der Waals surface area contributed by atoms with E-state index in [0.717, 1.165) is 23.9 Å². The largest absolute Gasteiger partial charge is 0.465 e. The molecule has 0 aliphatic carbocycles. The summed E-state index contributed by atoms with van der Waals surface area (Å²) in [4.78, 5) is 40.7. The van der Waals surface area contributed by atoms with Gasteiger partial charge in [0.2, 0.25) is 0 Å². The fourth-order valence-corrected chi connectivity index (χ4v) is 5.76. The Bertz CT molecular complexity index is 1560. The molecule has 1 aliphatic heterocycles. The minimum Gasteiger partial charge on any atom is -0.465 e. The second kappa shape index (κ2) is 13.7. The number of carbonyl (C=O) groups is 1. The van der Waals surface area contributed by atoms with Crippen LogP contribution in [0.4, 0.5) is 29.5 Å². The van der Waals surface area contributed by atoms with Crippen LogP contribution in [0, 0.1) is 20.2 Å². The number of aliphatic hydroxyl groups is 1. The van der Waals surface area contributed by atoms with Crippen molar-refractivity contribution in [1.29, 1.82) is 0 Å². The van der Waals surface area contributed by atoms with E-state index in [9.17, 15) is 48.4 Å². The Morgan fingerprint density at radius 2 is 1.73 bits per heavy atom. The lowest BCUT2D eigenvalue weighted by Crippen LogP contribution is -2.58. The molecular formula is C28H29F3N6O7S.